The first-order valence-corrected chi connectivity index (χ1v) is 31.2. The number of esters is 1. The molecule has 6 heterocycles. The maximum atomic E-state index is 13.8. The molecule has 8 fully saturated rings. The summed E-state index contributed by atoms with van der Waals surface area (Å²) in [7, 11) is 6.54. The Hall–Kier alpha value is -7.76. The molecular weight excluding hydrogens is 1080 g/mol. The molecule has 3 N–H and O–H groups in total. The summed E-state index contributed by atoms with van der Waals surface area (Å²) in [6.45, 7) is 12.1. The van der Waals surface area contributed by atoms with Crippen LogP contribution in [0, 0.1) is 49.4 Å². The number of carboxylic acids is 1. The number of nitrogens with zero attached hydrogens (tertiary/aromatic N) is 8. The number of amides is 2. The first-order valence-electron chi connectivity index (χ1n) is 31.2. The van der Waals surface area contributed by atoms with E-state index >= 15 is 0 Å². The highest BCUT2D eigenvalue weighted by molar-refractivity contribution is 5.98. The van der Waals surface area contributed by atoms with Gasteiger partial charge in [0.05, 0.1) is 37.7 Å². The fraction of sp³-hybridized carbons (Fsp3) is 0.529. The van der Waals surface area contributed by atoms with Crippen molar-refractivity contribution in [1.82, 2.24) is 40.2 Å². The summed E-state index contributed by atoms with van der Waals surface area (Å²) in [5.74, 6) is 5.77. The number of fused-ring (bicyclic) bond motifs is 2. The van der Waals surface area contributed by atoms with Crippen LogP contribution >= 0.6 is 0 Å². The van der Waals surface area contributed by atoms with E-state index in [2.05, 4.69) is 43.7 Å². The van der Waals surface area contributed by atoms with Gasteiger partial charge in [-0.1, -0.05) is 0 Å². The maximum absolute atomic E-state index is 13.8. The van der Waals surface area contributed by atoms with Gasteiger partial charge >= 0.3 is 11.9 Å². The van der Waals surface area contributed by atoms with Crippen molar-refractivity contribution in [2.75, 3.05) is 51.2 Å². The molecule has 2 amide bonds. The van der Waals surface area contributed by atoms with Gasteiger partial charge in [0, 0.05) is 96.2 Å². The molecule has 452 valence electrons. The molecule has 0 atom stereocenters. The summed E-state index contributed by atoms with van der Waals surface area (Å²) in [6, 6.07) is 15.0. The van der Waals surface area contributed by atoms with Gasteiger partial charge in [0.1, 0.15) is 28.7 Å². The van der Waals surface area contributed by atoms with E-state index in [0.29, 0.717) is 73.0 Å². The average Bonchev–Trinajstić information content (AvgIpc) is 4.35. The predicted octanol–water partition coefficient (Wildman–Crippen LogP) is 10.9. The van der Waals surface area contributed by atoms with E-state index in [4.69, 9.17) is 29.4 Å². The number of hydrogen-bond donors (Lipinski definition) is 3. The molecule has 18 heteroatoms. The summed E-state index contributed by atoms with van der Waals surface area (Å²) in [6.07, 6.45) is 20.5. The van der Waals surface area contributed by atoms with Crippen molar-refractivity contribution < 1.29 is 38.5 Å². The molecule has 10 aliphatic rings. The zero-order chi connectivity index (χ0) is 60.1. The molecule has 0 saturated heterocycles. The Morgan fingerprint density at radius 1 is 0.547 bits per heavy atom. The molecule has 0 radical (unpaired) electrons. The number of rotatable bonds is 12. The van der Waals surface area contributed by atoms with Crippen molar-refractivity contribution in [3.63, 3.8) is 0 Å². The fourth-order valence-electron chi connectivity index (χ4n) is 18.0. The Kier molecular flexibility index (Phi) is 14.6. The van der Waals surface area contributed by atoms with Crippen LogP contribution in [0.3, 0.4) is 0 Å². The van der Waals surface area contributed by atoms with E-state index in [0.717, 1.165) is 97.3 Å². The number of aromatic carboxylic acids is 1. The number of benzene rings is 2. The number of pyridine rings is 2. The average molecular weight is 1170 g/mol. The lowest BCUT2D eigenvalue weighted by Crippen LogP contribution is -2.52. The minimum absolute atomic E-state index is 0.0265. The Balaban J connectivity index is 0.000000160. The highest BCUT2D eigenvalue weighted by Crippen LogP contribution is 2.61. The molecule has 0 spiro atoms. The van der Waals surface area contributed by atoms with E-state index in [-0.39, 0.29) is 28.6 Å². The van der Waals surface area contributed by atoms with Crippen LogP contribution in [0.25, 0.3) is 22.3 Å². The highest BCUT2D eigenvalue weighted by atomic mass is 16.6. The SMILES string of the molecule is CNC(=O)c1ccc(OC)c2c1CN(c1ccc(-c3cnn(C45CC6CC(CC(C6)C4)C5)c3C)c(C(=O)O)n1)CC2.CNC(=O)c1ccc(OC)c2c1CN(c1ccc(-c3cnn(C45CC6CC(CC(C6)C4)C5)c3C)c(C(=O)OC(C)(C)C)n1)CC2. The number of carbonyl (C=O) groups excluding carboxylic acids is 3. The zero-order valence-corrected chi connectivity index (χ0v) is 51.3. The van der Waals surface area contributed by atoms with Crippen LogP contribution in [0.1, 0.15) is 173 Å². The van der Waals surface area contributed by atoms with Crippen LogP contribution in [0.15, 0.2) is 60.9 Å². The first kappa shape index (κ1) is 57.3. The van der Waals surface area contributed by atoms with E-state index in [1.807, 2.05) is 80.5 Å². The van der Waals surface area contributed by atoms with E-state index < -0.39 is 17.5 Å². The van der Waals surface area contributed by atoms with Crippen LogP contribution < -0.4 is 29.9 Å². The van der Waals surface area contributed by atoms with Gasteiger partial charge in [0.2, 0.25) is 0 Å². The highest BCUT2D eigenvalue weighted by Gasteiger charge is 2.54. The van der Waals surface area contributed by atoms with Gasteiger partial charge in [-0.3, -0.25) is 19.0 Å². The van der Waals surface area contributed by atoms with E-state index in [1.54, 1.807) is 34.4 Å². The lowest BCUT2D eigenvalue weighted by Gasteiger charge is -2.57. The lowest BCUT2D eigenvalue weighted by molar-refractivity contribution is -0.0504. The topological polar surface area (TPSA) is 208 Å². The molecule has 86 heavy (non-hydrogen) atoms. The van der Waals surface area contributed by atoms with Gasteiger partial charge in [-0.2, -0.15) is 10.2 Å². The van der Waals surface area contributed by atoms with E-state index in [9.17, 15) is 24.3 Å². The number of methoxy groups -OCH3 is 2. The van der Waals surface area contributed by atoms with Crippen molar-refractivity contribution in [3.8, 4) is 33.8 Å². The van der Waals surface area contributed by atoms with Gasteiger partial charge in [-0.05, 0) is 220 Å². The third kappa shape index (κ3) is 10.0. The molecule has 2 aromatic carbocycles. The molecule has 18 nitrogen and oxygen atoms in total. The molecule has 0 unspecified atom stereocenters. The molecule has 4 aromatic heterocycles. The second-order valence-corrected chi connectivity index (χ2v) is 27.4. The van der Waals surface area contributed by atoms with Crippen LogP contribution in [0.2, 0.25) is 0 Å². The van der Waals surface area contributed by atoms with Crippen molar-refractivity contribution in [1.29, 1.82) is 0 Å². The lowest BCUT2D eigenvalue weighted by atomic mass is 9.53. The summed E-state index contributed by atoms with van der Waals surface area (Å²) in [5.41, 5.74) is 10.1. The van der Waals surface area contributed by atoms with Crippen LogP contribution in [-0.2, 0) is 41.7 Å². The second-order valence-electron chi connectivity index (χ2n) is 27.4. The van der Waals surface area contributed by atoms with Gasteiger partial charge < -0.3 is 39.8 Å². The molecular formula is C68H82N10O8. The second kappa shape index (κ2) is 21.9. The predicted molar refractivity (Wildman–Crippen MR) is 327 cm³/mol. The summed E-state index contributed by atoms with van der Waals surface area (Å²) < 4.78 is 21.7. The van der Waals surface area contributed by atoms with Crippen LogP contribution in [0.4, 0.5) is 11.6 Å². The third-order valence-corrected chi connectivity index (χ3v) is 20.8. The third-order valence-electron chi connectivity index (χ3n) is 20.8. The van der Waals surface area contributed by atoms with Crippen molar-refractivity contribution in [2.45, 2.75) is 154 Å². The molecule has 2 aliphatic heterocycles. The van der Waals surface area contributed by atoms with Crippen LogP contribution in [-0.4, -0.2) is 105 Å². The molecule has 8 aliphatic carbocycles. The molecule has 6 aromatic rings. The number of carbonyl (C=O) groups is 4. The van der Waals surface area contributed by atoms with Gasteiger partial charge in [0.25, 0.3) is 11.8 Å². The Labute approximate surface area is 503 Å². The summed E-state index contributed by atoms with van der Waals surface area (Å²) >= 11 is 0. The zero-order valence-electron chi connectivity index (χ0n) is 51.3. The van der Waals surface area contributed by atoms with Gasteiger partial charge in [-0.15, -0.1) is 0 Å². The van der Waals surface area contributed by atoms with Crippen molar-refractivity contribution in [3.05, 3.63) is 117 Å². The number of hydrogen-bond acceptors (Lipinski definition) is 13. The Bertz CT molecular complexity index is 3630. The largest absolute Gasteiger partial charge is 0.496 e. The van der Waals surface area contributed by atoms with Gasteiger partial charge in [-0.25, -0.2) is 19.6 Å². The monoisotopic (exact) mass is 1170 g/mol. The number of aromatic nitrogens is 6. The maximum Gasteiger partial charge on any atom is 0.358 e. The van der Waals surface area contributed by atoms with Crippen molar-refractivity contribution >= 4 is 35.4 Å². The standard InChI is InChI=1S/C36H45N5O4.C32H37N5O4/c1-21-28(19-38-41(21)36-16-22-13-23(17-36)15-24(14-22)18-36)26-8-10-31(39-32(26)34(43)45-35(2,3)4)40-12-11-25-29(20-40)27(33(42)37-5)7-9-30(25)44-6;1-18-25(16-34-37(18)32-13-19-10-20(14-32)12-21(11-19)15-32)23-5-7-28(35-29(23)31(39)40)36-9-8-22-26(17-36)24(30(38)33-2)4-6-27(22)41-3/h7-10,19,22-24H,11-18,20H2,1-6H3,(H,37,42);4-7,16,19-21H,8-15,17H2,1-3H3,(H,33,38)(H,39,40). The van der Waals surface area contributed by atoms with E-state index in [1.165, 1.54) is 77.0 Å². The summed E-state index contributed by atoms with van der Waals surface area (Å²) in [4.78, 5) is 65.6. The summed E-state index contributed by atoms with van der Waals surface area (Å²) in [5, 5.41) is 25.7. The Morgan fingerprint density at radius 3 is 1.29 bits per heavy atom. The number of nitrogens with one attached hydrogen (secondary N) is 2. The number of carboxylic acid groups (broad SMARTS) is 1. The molecule has 16 rings (SSSR count). The fourth-order valence-corrected chi connectivity index (χ4v) is 18.0. The van der Waals surface area contributed by atoms with Crippen molar-refractivity contribution in [2.24, 2.45) is 35.5 Å². The minimum Gasteiger partial charge on any atom is -0.496 e. The normalized spacial score (nSPS) is 25.6. The molecule has 8 bridgehead atoms. The smallest absolute Gasteiger partial charge is 0.358 e. The Morgan fingerprint density at radius 2 is 0.930 bits per heavy atom. The molecule has 8 saturated carbocycles. The minimum atomic E-state index is -1.06. The number of ether oxygens (including phenoxy) is 3. The quantitative estimate of drug-likeness (QED) is 0.0975. The number of anilines is 2. The van der Waals surface area contributed by atoms with Crippen LogP contribution in [0.5, 0.6) is 11.5 Å². The first-order chi connectivity index (χ1) is 41.3. The van der Waals surface area contributed by atoms with Gasteiger partial charge in [0.15, 0.2) is 11.4 Å².